The van der Waals surface area contributed by atoms with Crippen molar-refractivity contribution in [2.24, 2.45) is 0 Å². The summed E-state index contributed by atoms with van der Waals surface area (Å²) >= 11 is 0. The molecule has 1 aromatic carbocycles. The van der Waals surface area contributed by atoms with Crippen LogP contribution in [-0.4, -0.2) is 24.5 Å². The summed E-state index contributed by atoms with van der Waals surface area (Å²) in [4.78, 5) is 2.62. The summed E-state index contributed by atoms with van der Waals surface area (Å²) in [5.41, 5.74) is 2.88. The van der Waals surface area contributed by atoms with Crippen LogP contribution in [0.3, 0.4) is 0 Å². The van der Waals surface area contributed by atoms with E-state index in [-0.39, 0.29) is 0 Å². The van der Waals surface area contributed by atoms with Crippen molar-refractivity contribution in [2.45, 2.75) is 39.0 Å². The fourth-order valence-corrected chi connectivity index (χ4v) is 2.56. The van der Waals surface area contributed by atoms with Crippen LogP contribution in [0.5, 0.6) is 0 Å². The number of hydrogen-bond acceptors (Lipinski definition) is 1. The number of rotatable bonds is 4. The summed E-state index contributed by atoms with van der Waals surface area (Å²) in [5, 5.41) is 0. The van der Waals surface area contributed by atoms with Gasteiger partial charge in [0.1, 0.15) is 0 Å². The summed E-state index contributed by atoms with van der Waals surface area (Å²) < 4.78 is 0. The number of likely N-dealkylation sites (tertiary alicyclic amines) is 1. The number of piperidine rings is 1. The lowest BCUT2D eigenvalue weighted by atomic mass is 10.1. The van der Waals surface area contributed by atoms with Crippen LogP contribution in [0.15, 0.2) is 24.3 Å². The second-order valence-electron chi connectivity index (χ2n) is 4.99. The van der Waals surface area contributed by atoms with E-state index < -0.39 is 0 Å². The molecule has 1 fully saturated rings. The van der Waals surface area contributed by atoms with Gasteiger partial charge in [-0.25, -0.2) is 0 Å². The maximum atomic E-state index is 2.62. The Bertz CT molecular complexity index is 313. The molecule has 1 nitrogen and oxygen atoms in total. The molecular weight excluding hydrogens is 194 g/mol. The van der Waals surface area contributed by atoms with Gasteiger partial charge in [0.2, 0.25) is 0 Å². The summed E-state index contributed by atoms with van der Waals surface area (Å²) in [6.45, 7) is 6.11. The van der Waals surface area contributed by atoms with Crippen LogP contribution in [0.25, 0.3) is 0 Å². The minimum Gasteiger partial charge on any atom is -0.303 e. The highest BCUT2D eigenvalue weighted by molar-refractivity contribution is 5.22. The SMILES string of the molecule is Cc1cccc(CCCN2CCCCC2)c1. The lowest BCUT2D eigenvalue weighted by Crippen LogP contribution is -2.30. The molecule has 2 rings (SSSR count). The number of aryl methyl sites for hydroxylation is 2. The summed E-state index contributed by atoms with van der Waals surface area (Å²) in [6, 6.07) is 8.92. The molecule has 0 bridgehead atoms. The summed E-state index contributed by atoms with van der Waals surface area (Å²) in [6.07, 6.45) is 6.80. The molecule has 88 valence electrons. The van der Waals surface area contributed by atoms with Gasteiger partial charge in [-0.05, 0) is 57.8 Å². The van der Waals surface area contributed by atoms with E-state index in [0.717, 1.165) is 0 Å². The lowest BCUT2D eigenvalue weighted by Gasteiger charge is -2.26. The highest BCUT2D eigenvalue weighted by atomic mass is 15.1. The molecule has 0 atom stereocenters. The smallest absolute Gasteiger partial charge is 0.00156 e. The Balaban J connectivity index is 1.71. The van der Waals surface area contributed by atoms with Crippen LogP contribution < -0.4 is 0 Å². The molecule has 1 heterocycles. The predicted octanol–water partition coefficient (Wildman–Crippen LogP) is 3.41. The molecule has 0 spiro atoms. The molecule has 0 amide bonds. The van der Waals surface area contributed by atoms with Gasteiger partial charge in [-0.15, -0.1) is 0 Å². The van der Waals surface area contributed by atoms with Gasteiger partial charge in [-0.3, -0.25) is 0 Å². The number of nitrogens with zero attached hydrogens (tertiary/aromatic N) is 1. The zero-order valence-electron chi connectivity index (χ0n) is 10.4. The van der Waals surface area contributed by atoms with Gasteiger partial charge < -0.3 is 4.90 Å². The standard InChI is InChI=1S/C15H23N/c1-14-7-5-8-15(13-14)9-6-12-16-10-3-2-4-11-16/h5,7-8,13H,2-4,6,9-12H2,1H3. The van der Waals surface area contributed by atoms with Gasteiger partial charge >= 0.3 is 0 Å². The first-order chi connectivity index (χ1) is 7.84. The quantitative estimate of drug-likeness (QED) is 0.747. The first-order valence-electron chi connectivity index (χ1n) is 6.62. The van der Waals surface area contributed by atoms with Gasteiger partial charge in [-0.1, -0.05) is 36.2 Å². The first-order valence-corrected chi connectivity index (χ1v) is 6.62. The molecular formula is C15H23N. The Morgan fingerprint density at radius 2 is 1.94 bits per heavy atom. The molecule has 1 aliphatic rings. The van der Waals surface area contributed by atoms with E-state index in [1.807, 2.05) is 0 Å². The Hall–Kier alpha value is -0.820. The normalized spacial score (nSPS) is 17.6. The van der Waals surface area contributed by atoms with Crippen molar-refractivity contribution in [3.63, 3.8) is 0 Å². The first kappa shape index (κ1) is 11.7. The number of hydrogen-bond donors (Lipinski definition) is 0. The molecule has 0 saturated carbocycles. The van der Waals surface area contributed by atoms with Crippen molar-refractivity contribution in [1.29, 1.82) is 0 Å². The average Bonchev–Trinajstić information content (AvgIpc) is 2.30. The van der Waals surface area contributed by atoms with E-state index in [2.05, 4.69) is 36.1 Å². The fourth-order valence-electron chi connectivity index (χ4n) is 2.56. The van der Waals surface area contributed by atoms with Crippen LogP contribution >= 0.6 is 0 Å². The Labute approximate surface area is 99.5 Å². The van der Waals surface area contributed by atoms with Gasteiger partial charge in [-0.2, -0.15) is 0 Å². The van der Waals surface area contributed by atoms with Crippen LogP contribution in [0, 0.1) is 6.92 Å². The molecule has 1 aromatic rings. The average molecular weight is 217 g/mol. The summed E-state index contributed by atoms with van der Waals surface area (Å²) in [7, 11) is 0. The molecule has 1 aliphatic heterocycles. The van der Waals surface area contributed by atoms with Gasteiger partial charge in [0.15, 0.2) is 0 Å². The molecule has 0 aromatic heterocycles. The van der Waals surface area contributed by atoms with Crippen molar-refractivity contribution in [1.82, 2.24) is 4.90 Å². The Morgan fingerprint density at radius 1 is 1.12 bits per heavy atom. The van der Waals surface area contributed by atoms with Crippen molar-refractivity contribution in [3.8, 4) is 0 Å². The second-order valence-corrected chi connectivity index (χ2v) is 4.99. The van der Waals surface area contributed by atoms with E-state index in [1.54, 1.807) is 0 Å². The van der Waals surface area contributed by atoms with Crippen molar-refractivity contribution < 1.29 is 0 Å². The minimum atomic E-state index is 1.23. The van der Waals surface area contributed by atoms with E-state index in [9.17, 15) is 0 Å². The van der Waals surface area contributed by atoms with Gasteiger partial charge in [0.05, 0.1) is 0 Å². The van der Waals surface area contributed by atoms with Crippen LogP contribution in [0.2, 0.25) is 0 Å². The maximum Gasteiger partial charge on any atom is -0.00156 e. The van der Waals surface area contributed by atoms with E-state index >= 15 is 0 Å². The third-order valence-electron chi connectivity index (χ3n) is 3.47. The van der Waals surface area contributed by atoms with Crippen molar-refractivity contribution in [2.75, 3.05) is 19.6 Å². The Morgan fingerprint density at radius 3 is 2.69 bits per heavy atom. The maximum absolute atomic E-state index is 2.62. The topological polar surface area (TPSA) is 3.24 Å². The lowest BCUT2D eigenvalue weighted by molar-refractivity contribution is 0.226. The van der Waals surface area contributed by atoms with Crippen LogP contribution in [-0.2, 0) is 6.42 Å². The number of benzene rings is 1. The molecule has 0 unspecified atom stereocenters. The largest absolute Gasteiger partial charge is 0.303 e. The van der Waals surface area contributed by atoms with Crippen molar-refractivity contribution >= 4 is 0 Å². The summed E-state index contributed by atoms with van der Waals surface area (Å²) in [5.74, 6) is 0. The molecule has 1 heteroatoms. The van der Waals surface area contributed by atoms with Crippen LogP contribution in [0.4, 0.5) is 0 Å². The molecule has 0 N–H and O–H groups in total. The third-order valence-corrected chi connectivity index (χ3v) is 3.47. The van der Waals surface area contributed by atoms with E-state index in [1.165, 1.54) is 62.9 Å². The van der Waals surface area contributed by atoms with Crippen LogP contribution in [0.1, 0.15) is 36.8 Å². The zero-order chi connectivity index (χ0) is 11.2. The zero-order valence-corrected chi connectivity index (χ0v) is 10.4. The van der Waals surface area contributed by atoms with Gasteiger partial charge in [0.25, 0.3) is 0 Å². The van der Waals surface area contributed by atoms with E-state index in [0.29, 0.717) is 0 Å². The predicted molar refractivity (Wildman–Crippen MR) is 69.8 cm³/mol. The van der Waals surface area contributed by atoms with Crippen molar-refractivity contribution in [3.05, 3.63) is 35.4 Å². The molecule has 0 aliphatic carbocycles. The Kier molecular flexibility index (Phi) is 4.41. The van der Waals surface area contributed by atoms with Gasteiger partial charge in [0, 0.05) is 0 Å². The monoisotopic (exact) mass is 217 g/mol. The van der Waals surface area contributed by atoms with E-state index in [4.69, 9.17) is 0 Å². The highest BCUT2D eigenvalue weighted by Crippen LogP contribution is 2.11. The molecule has 16 heavy (non-hydrogen) atoms. The third kappa shape index (κ3) is 3.64. The second kappa shape index (κ2) is 6.05. The molecule has 1 saturated heterocycles. The fraction of sp³-hybridized carbons (Fsp3) is 0.600. The highest BCUT2D eigenvalue weighted by Gasteiger charge is 2.08. The molecule has 0 radical (unpaired) electrons. The minimum absolute atomic E-state index is 1.23.